The van der Waals surface area contributed by atoms with Crippen molar-refractivity contribution in [1.29, 1.82) is 0 Å². The summed E-state index contributed by atoms with van der Waals surface area (Å²) in [6, 6.07) is 0. The van der Waals surface area contributed by atoms with Crippen LogP contribution in [-0.2, 0) is 31.9 Å². The summed E-state index contributed by atoms with van der Waals surface area (Å²) < 4.78 is 10.0. The highest BCUT2D eigenvalue weighted by atomic mass is 32.1. The summed E-state index contributed by atoms with van der Waals surface area (Å²) >= 11 is 1.66. The van der Waals surface area contributed by atoms with Crippen LogP contribution in [0.15, 0.2) is 10.8 Å². The van der Waals surface area contributed by atoms with Crippen LogP contribution in [0.25, 0.3) is 0 Å². The molecule has 0 saturated carbocycles. The van der Waals surface area contributed by atoms with Gasteiger partial charge in [0.25, 0.3) is 0 Å². The van der Waals surface area contributed by atoms with Crippen LogP contribution in [0.1, 0.15) is 25.0 Å². The van der Waals surface area contributed by atoms with Crippen LogP contribution in [0.2, 0.25) is 0 Å². The number of hydrogen-bond donors (Lipinski definition) is 0. The van der Waals surface area contributed by atoms with Crippen molar-refractivity contribution < 1.29 is 19.1 Å². The average Bonchev–Trinajstić information content (AvgIpc) is 2.90. The molecule has 19 heavy (non-hydrogen) atoms. The third-order valence-corrected chi connectivity index (χ3v) is 4.19. The van der Waals surface area contributed by atoms with E-state index in [1.165, 1.54) is 11.1 Å². The Balaban J connectivity index is 2.12. The van der Waals surface area contributed by atoms with Crippen LogP contribution < -0.4 is 0 Å². The van der Waals surface area contributed by atoms with Gasteiger partial charge in [0.05, 0.1) is 13.2 Å². The molecular weight excluding hydrogens is 264 g/mol. The molecule has 0 radical (unpaired) electrons. The Morgan fingerprint density at radius 2 is 1.63 bits per heavy atom. The normalized spacial score (nSPS) is 14.5. The van der Waals surface area contributed by atoms with E-state index in [0.717, 1.165) is 12.8 Å². The number of rotatable bonds is 5. The zero-order valence-electron chi connectivity index (χ0n) is 11.2. The second-order valence-electron chi connectivity index (χ2n) is 4.57. The van der Waals surface area contributed by atoms with Gasteiger partial charge in [-0.15, -0.1) is 0 Å². The van der Waals surface area contributed by atoms with E-state index in [-0.39, 0.29) is 19.1 Å². The minimum atomic E-state index is -0.794. The highest BCUT2D eigenvalue weighted by Crippen LogP contribution is 2.35. The van der Waals surface area contributed by atoms with Gasteiger partial charge in [0.2, 0.25) is 0 Å². The molecule has 1 heterocycles. The van der Waals surface area contributed by atoms with E-state index in [0.29, 0.717) is 0 Å². The fraction of sp³-hybridized carbons (Fsp3) is 0.571. The van der Waals surface area contributed by atoms with Crippen LogP contribution in [0.4, 0.5) is 0 Å². The van der Waals surface area contributed by atoms with Gasteiger partial charge in [0.1, 0.15) is 0 Å². The molecule has 0 atom stereocenters. The fourth-order valence-electron chi connectivity index (χ4n) is 2.53. The smallest absolute Gasteiger partial charge is 0.320 e. The van der Waals surface area contributed by atoms with Crippen molar-refractivity contribution in [2.24, 2.45) is 11.8 Å². The second kappa shape index (κ2) is 6.19. The summed E-state index contributed by atoms with van der Waals surface area (Å²) in [5, 5.41) is 4.17. The van der Waals surface area contributed by atoms with Crippen LogP contribution in [-0.4, -0.2) is 25.2 Å². The van der Waals surface area contributed by atoms with E-state index in [2.05, 4.69) is 10.8 Å². The van der Waals surface area contributed by atoms with E-state index in [1.807, 2.05) is 0 Å². The van der Waals surface area contributed by atoms with E-state index in [4.69, 9.17) is 9.47 Å². The summed E-state index contributed by atoms with van der Waals surface area (Å²) in [7, 11) is 0. The molecule has 0 N–H and O–H groups in total. The molecule has 4 nitrogen and oxygen atoms in total. The van der Waals surface area contributed by atoms with Crippen LogP contribution in [0, 0.1) is 11.8 Å². The van der Waals surface area contributed by atoms with Gasteiger partial charge in [0.15, 0.2) is 5.92 Å². The molecule has 0 aromatic carbocycles. The van der Waals surface area contributed by atoms with E-state index in [9.17, 15) is 9.59 Å². The third-order valence-electron chi connectivity index (χ3n) is 3.35. The van der Waals surface area contributed by atoms with Crippen LogP contribution >= 0.6 is 11.3 Å². The topological polar surface area (TPSA) is 52.6 Å². The number of fused-ring (bicyclic) bond motifs is 1. The maximum absolute atomic E-state index is 12.0. The number of esters is 2. The predicted octanol–water partition coefficient (Wildman–Crippen LogP) is 2.21. The van der Waals surface area contributed by atoms with Gasteiger partial charge in [-0.2, -0.15) is 11.3 Å². The summed E-state index contributed by atoms with van der Waals surface area (Å²) in [6.07, 6.45) is 1.50. The molecular formula is C14H18O4S. The molecule has 0 bridgehead atoms. The van der Waals surface area contributed by atoms with Gasteiger partial charge in [-0.25, -0.2) is 0 Å². The molecule has 0 spiro atoms. The van der Waals surface area contributed by atoms with Crippen molar-refractivity contribution in [3.8, 4) is 0 Å². The van der Waals surface area contributed by atoms with Gasteiger partial charge >= 0.3 is 11.9 Å². The van der Waals surface area contributed by atoms with Crippen molar-refractivity contribution in [2.45, 2.75) is 26.7 Å². The van der Waals surface area contributed by atoms with Gasteiger partial charge < -0.3 is 9.47 Å². The molecule has 0 saturated heterocycles. The van der Waals surface area contributed by atoms with Crippen molar-refractivity contribution in [3.05, 3.63) is 21.9 Å². The predicted molar refractivity (Wildman–Crippen MR) is 72.0 cm³/mol. The molecule has 0 aliphatic heterocycles. The number of carbonyl (C=O) groups excluding carboxylic acids is 2. The Bertz CT molecular complexity index is 427. The molecule has 1 aromatic heterocycles. The van der Waals surface area contributed by atoms with Crippen LogP contribution in [0.5, 0.6) is 0 Å². The van der Waals surface area contributed by atoms with Gasteiger partial charge in [-0.3, -0.25) is 9.59 Å². The Kier molecular flexibility index (Phi) is 4.58. The number of carbonyl (C=O) groups is 2. The molecule has 2 rings (SSSR count). The lowest BCUT2D eigenvalue weighted by Crippen LogP contribution is -2.35. The van der Waals surface area contributed by atoms with Crippen molar-refractivity contribution in [1.82, 2.24) is 0 Å². The molecule has 1 aliphatic carbocycles. The summed E-state index contributed by atoms with van der Waals surface area (Å²) in [6.45, 7) is 4.04. The van der Waals surface area contributed by atoms with Crippen LogP contribution in [0.3, 0.4) is 0 Å². The molecule has 1 aromatic rings. The third kappa shape index (κ3) is 2.97. The first kappa shape index (κ1) is 14.1. The first-order chi connectivity index (χ1) is 9.17. The largest absolute Gasteiger partial charge is 0.465 e. The minimum absolute atomic E-state index is 0.0310. The maximum Gasteiger partial charge on any atom is 0.320 e. The van der Waals surface area contributed by atoms with Crippen molar-refractivity contribution in [3.63, 3.8) is 0 Å². The second-order valence-corrected chi connectivity index (χ2v) is 5.32. The Labute approximate surface area is 116 Å². The number of thiophene rings is 1. The minimum Gasteiger partial charge on any atom is -0.465 e. The average molecular weight is 282 g/mol. The van der Waals surface area contributed by atoms with E-state index < -0.39 is 17.9 Å². The van der Waals surface area contributed by atoms with Gasteiger partial charge in [-0.1, -0.05) is 0 Å². The zero-order valence-corrected chi connectivity index (χ0v) is 12.0. The summed E-state index contributed by atoms with van der Waals surface area (Å²) in [5.41, 5.74) is 2.49. The van der Waals surface area contributed by atoms with Gasteiger partial charge in [-0.05, 0) is 54.5 Å². The quantitative estimate of drug-likeness (QED) is 0.614. The van der Waals surface area contributed by atoms with Crippen molar-refractivity contribution in [2.75, 3.05) is 13.2 Å². The van der Waals surface area contributed by atoms with E-state index in [1.54, 1.807) is 25.2 Å². The fourth-order valence-corrected chi connectivity index (χ4v) is 3.42. The molecule has 5 heteroatoms. The first-order valence-corrected chi connectivity index (χ1v) is 7.48. The van der Waals surface area contributed by atoms with E-state index >= 15 is 0 Å². The lowest BCUT2D eigenvalue weighted by molar-refractivity contribution is -0.164. The summed E-state index contributed by atoms with van der Waals surface area (Å²) in [5.74, 6) is -1.74. The number of ether oxygens (including phenoxy) is 2. The molecule has 0 fully saturated rings. The Hall–Kier alpha value is -1.36. The Morgan fingerprint density at radius 3 is 2.05 bits per heavy atom. The van der Waals surface area contributed by atoms with Gasteiger partial charge in [0, 0.05) is 0 Å². The Morgan fingerprint density at radius 1 is 1.16 bits per heavy atom. The highest BCUT2D eigenvalue weighted by molar-refractivity contribution is 7.08. The maximum atomic E-state index is 12.0. The summed E-state index contributed by atoms with van der Waals surface area (Å²) in [4.78, 5) is 24.0. The molecule has 0 unspecified atom stereocenters. The first-order valence-electron chi connectivity index (χ1n) is 6.54. The molecule has 1 aliphatic rings. The monoisotopic (exact) mass is 282 g/mol. The SMILES string of the molecule is CCOC(=O)C(C(=O)OCC)C1Cc2cscc2C1. The lowest BCUT2D eigenvalue weighted by atomic mass is 9.90. The molecule has 104 valence electrons. The highest BCUT2D eigenvalue weighted by Gasteiger charge is 2.40. The number of hydrogen-bond acceptors (Lipinski definition) is 5. The zero-order chi connectivity index (χ0) is 13.8. The standard InChI is InChI=1S/C14H18O4S/c1-3-17-13(15)12(14(16)18-4-2)9-5-10-7-19-8-11(10)6-9/h7-9,12H,3-6H2,1-2H3. The lowest BCUT2D eigenvalue weighted by Gasteiger charge is -2.20. The molecule has 0 amide bonds. The van der Waals surface area contributed by atoms with Crippen molar-refractivity contribution >= 4 is 23.3 Å².